The lowest BCUT2D eigenvalue weighted by Gasteiger charge is -2.07. The first-order valence-electron chi connectivity index (χ1n) is 4.81. The van der Waals surface area contributed by atoms with Crippen molar-refractivity contribution in [3.05, 3.63) is 35.8 Å². The van der Waals surface area contributed by atoms with Crippen LogP contribution in [0.25, 0.3) is 10.9 Å². The molecule has 0 amide bonds. The highest BCUT2D eigenvalue weighted by Gasteiger charge is 2.09. The van der Waals surface area contributed by atoms with Crippen LogP contribution in [0.5, 0.6) is 5.75 Å². The SMILES string of the molecule is COc1cc2c(C(C)=N)ccnc2cc1F. The highest BCUT2D eigenvalue weighted by atomic mass is 19.1. The van der Waals surface area contributed by atoms with Crippen LogP contribution < -0.4 is 4.74 Å². The first-order chi connectivity index (χ1) is 7.63. The molecule has 0 aliphatic carbocycles. The number of fused-ring (bicyclic) bond motifs is 1. The molecule has 1 heterocycles. The Morgan fingerprint density at radius 3 is 2.81 bits per heavy atom. The summed E-state index contributed by atoms with van der Waals surface area (Å²) in [6.07, 6.45) is 1.57. The van der Waals surface area contributed by atoms with Gasteiger partial charge in [-0.3, -0.25) is 4.98 Å². The quantitative estimate of drug-likeness (QED) is 0.788. The number of halogens is 1. The van der Waals surface area contributed by atoms with Gasteiger partial charge < -0.3 is 10.1 Å². The van der Waals surface area contributed by atoms with E-state index in [4.69, 9.17) is 10.1 Å². The maximum absolute atomic E-state index is 13.4. The van der Waals surface area contributed by atoms with Crippen LogP contribution in [0.4, 0.5) is 4.39 Å². The molecule has 4 heteroatoms. The van der Waals surface area contributed by atoms with Crippen molar-refractivity contribution >= 4 is 16.6 Å². The Morgan fingerprint density at radius 1 is 1.44 bits per heavy atom. The van der Waals surface area contributed by atoms with Gasteiger partial charge in [0.15, 0.2) is 11.6 Å². The van der Waals surface area contributed by atoms with Crippen molar-refractivity contribution in [3.8, 4) is 5.75 Å². The molecular weight excluding hydrogens is 207 g/mol. The van der Waals surface area contributed by atoms with Gasteiger partial charge in [-0.15, -0.1) is 0 Å². The number of benzene rings is 1. The predicted molar refractivity (Wildman–Crippen MR) is 60.8 cm³/mol. The van der Waals surface area contributed by atoms with Gasteiger partial charge in [-0.05, 0) is 19.1 Å². The summed E-state index contributed by atoms with van der Waals surface area (Å²) in [4.78, 5) is 4.07. The number of nitrogens with one attached hydrogen (secondary N) is 1. The molecular formula is C12H11FN2O. The summed E-state index contributed by atoms with van der Waals surface area (Å²) < 4.78 is 18.3. The second kappa shape index (κ2) is 3.89. The molecule has 3 nitrogen and oxygen atoms in total. The normalized spacial score (nSPS) is 10.4. The molecule has 0 atom stereocenters. The van der Waals surface area contributed by atoms with Crippen LogP contribution in [0.3, 0.4) is 0 Å². The molecule has 2 aromatic rings. The Kier molecular flexibility index (Phi) is 2.56. The summed E-state index contributed by atoms with van der Waals surface area (Å²) in [7, 11) is 1.41. The average Bonchev–Trinajstić information content (AvgIpc) is 2.26. The number of hydrogen-bond donors (Lipinski definition) is 1. The van der Waals surface area contributed by atoms with Gasteiger partial charge in [0, 0.05) is 28.9 Å². The number of rotatable bonds is 2. The summed E-state index contributed by atoms with van der Waals surface area (Å²) >= 11 is 0. The van der Waals surface area contributed by atoms with Crippen molar-refractivity contribution in [2.45, 2.75) is 6.92 Å². The largest absolute Gasteiger partial charge is 0.494 e. The molecule has 82 valence electrons. The molecule has 2 rings (SSSR count). The number of pyridine rings is 1. The molecule has 0 unspecified atom stereocenters. The maximum Gasteiger partial charge on any atom is 0.167 e. The highest BCUT2D eigenvalue weighted by molar-refractivity contribution is 6.07. The minimum atomic E-state index is -0.442. The van der Waals surface area contributed by atoms with Crippen molar-refractivity contribution in [1.29, 1.82) is 5.41 Å². The average molecular weight is 218 g/mol. The number of aromatic nitrogens is 1. The van der Waals surface area contributed by atoms with Crippen LogP contribution in [0.1, 0.15) is 12.5 Å². The van der Waals surface area contributed by atoms with Gasteiger partial charge in [0.05, 0.1) is 12.6 Å². The summed E-state index contributed by atoms with van der Waals surface area (Å²) in [6, 6.07) is 4.63. The van der Waals surface area contributed by atoms with Crippen LogP contribution in [-0.4, -0.2) is 17.8 Å². The van der Waals surface area contributed by atoms with Crippen LogP contribution in [0, 0.1) is 11.2 Å². The highest BCUT2D eigenvalue weighted by Crippen LogP contribution is 2.25. The van der Waals surface area contributed by atoms with Gasteiger partial charge >= 0.3 is 0 Å². The summed E-state index contributed by atoms with van der Waals surface area (Å²) in [5.41, 5.74) is 1.69. The minimum absolute atomic E-state index is 0.169. The topological polar surface area (TPSA) is 46.0 Å². The molecule has 1 aromatic carbocycles. The lowest BCUT2D eigenvalue weighted by molar-refractivity contribution is 0.387. The summed E-state index contributed by atoms with van der Waals surface area (Å²) in [5.74, 6) is -0.273. The standard InChI is InChI=1S/C12H11FN2O/c1-7(14)8-3-4-15-11-6-10(13)12(16-2)5-9(8)11/h3-6,14H,1-2H3. The lowest BCUT2D eigenvalue weighted by atomic mass is 10.1. The van der Waals surface area contributed by atoms with Crippen LogP contribution in [-0.2, 0) is 0 Å². The Labute approximate surface area is 92.4 Å². The van der Waals surface area contributed by atoms with Crippen molar-refractivity contribution < 1.29 is 9.13 Å². The molecule has 16 heavy (non-hydrogen) atoms. The summed E-state index contributed by atoms with van der Waals surface area (Å²) in [6.45, 7) is 1.69. The van der Waals surface area contributed by atoms with Gasteiger partial charge in [-0.1, -0.05) is 0 Å². The Hall–Kier alpha value is -1.97. The van der Waals surface area contributed by atoms with Crippen LogP contribution >= 0.6 is 0 Å². The first kappa shape index (κ1) is 10.5. The smallest absolute Gasteiger partial charge is 0.167 e. The zero-order valence-electron chi connectivity index (χ0n) is 9.04. The van der Waals surface area contributed by atoms with Crippen molar-refractivity contribution in [1.82, 2.24) is 4.98 Å². The zero-order valence-corrected chi connectivity index (χ0v) is 9.04. The van der Waals surface area contributed by atoms with E-state index < -0.39 is 5.82 Å². The molecule has 1 N–H and O–H groups in total. The number of methoxy groups -OCH3 is 1. The summed E-state index contributed by atoms with van der Waals surface area (Å²) in [5, 5.41) is 8.37. The molecule has 0 saturated heterocycles. The second-order valence-corrected chi connectivity index (χ2v) is 3.49. The Balaban J connectivity index is 2.81. The lowest BCUT2D eigenvalue weighted by Crippen LogP contribution is -1.97. The third-order valence-corrected chi connectivity index (χ3v) is 2.42. The van der Waals surface area contributed by atoms with Gasteiger partial charge in [-0.25, -0.2) is 4.39 Å². The number of ether oxygens (including phenoxy) is 1. The van der Waals surface area contributed by atoms with Crippen LogP contribution in [0.15, 0.2) is 24.4 Å². The van der Waals surface area contributed by atoms with Gasteiger partial charge in [0.2, 0.25) is 0 Å². The maximum atomic E-state index is 13.4. The van der Waals surface area contributed by atoms with E-state index in [0.29, 0.717) is 11.2 Å². The molecule has 0 aliphatic rings. The van der Waals surface area contributed by atoms with E-state index >= 15 is 0 Å². The van der Waals surface area contributed by atoms with Crippen LogP contribution in [0.2, 0.25) is 0 Å². The fraction of sp³-hybridized carbons (Fsp3) is 0.167. The molecule has 0 spiro atoms. The van der Waals surface area contributed by atoms with Crippen molar-refractivity contribution in [2.24, 2.45) is 0 Å². The zero-order chi connectivity index (χ0) is 11.7. The number of hydrogen-bond acceptors (Lipinski definition) is 3. The first-order valence-corrected chi connectivity index (χ1v) is 4.81. The van der Waals surface area contributed by atoms with E-state index in [2.05, 4.69) is 4.98 Å². The fourth-order valence-corrected chi connectivity index (χ4v) is 1.63. The van der Waals surface area contributed by atoms with Gasteiger partial charge in [0.1, 0.15) is 0 Å². The molecule has 0 bridgehead atoms. The second-order valence-electron chi connectivity index (χ2n) is 3.49. The molecule has 0 aliphatic heterocycles. The molecule has 0 fully saturated rings. The van der Waals surface area contributed by atoms with Crippen molar-refractivity contribution in [3.63, 3.8) is 0 Å². The monoisotopic (exact) mass is 218 g/mol. The van der Waals surface area contributed by atoms with E-state index in [1.807, 2.05) is 0 Å². The Morgan fingerprint density at radius 2 is 2.19 bits per heavy atom. The number of nitrogens with zero attached hydrogens (tertiary/aromatic N) is 1. The fourth-order valence-electron chi connectivity index (χ4n) is 1.63. The predicted octanol–water partition coefficient (Wildman–Crippen LogP) is 2.77. The van der Waals surface area contributed by atoms with E-state index in [1.165, 1.54) is 13.2 Å². The third kappa shape index (κ3) is 1.62. The molecule has 1 aromatic heterocycles. The van der Waals surface area contributed by atoms with E-state index in [0.717, 1.165) is 10.9 Å². The van der Waals surface area contributed by atoms with Gasteiger partial charge in [-0.2, -0.15) is 0 Å². The molecule has 0 saturated carbocycles. The van der Waals surface area contributed by atoms with E-state index in [-0.39, 0.29) is 5.75 Å². The molecule has 0 radical (unpaired) electrons. The van der Waals surface area contributed by atoms with E-state index in [1.54, 1.807) is 25.3 Å². The minimum Gasteiger partial charge on any atom is -0.494 e. The van der Waals surface area contributed by atoms with E-state index in [9.17, 15) is 4.39 Å². The Bertz CT molecular complexity index is 566. The van der Waals surface area contributed by atoms with Crippen molar-refractivity contribution in [2.75, 3.05) is 7.11 Å². The third-order valence-electron chi connectivity index (χ3n) is 2.42. The van der Waals surface area contributed by atoms with Gasteiger partial charge in [0.25, 0.3) is 0 Å².